The normalized spacial score (nSPS) is 10.6. The molecule has 0 bridgehead atoms. The maximum Gasteiger partial charge on any atom is 0.267 e. The molecule has 0 saturated carbocycles. The Morgan fingerprint density at radius 2 is 2.00 bits per heavy atom. The number of thiazole rings is 1. The number of hydrogen-bond donors (Lipinski definition) is 1. The highest BCUT2D eigenvalue weighted by Gasteiger charge is 2.16. The minimum atomic E-state index is -0.103. The summed E-state index contributed by atoms with van der Waals surface area (Å²) in [6.07, 6.45) is 2.03. The number of thiophene rings is 1. The number of thioether (sulfide) groups is 1. The number of rotatable bonds is 4. The van der Waals surface area contributed by atoms with Crippen LogP contribution in [0, 0.1) is 6.92 Å². The van der Waals surface area contributed by atoms with Gasteiger partial charge in [0.15, 0.2) is 0 Å². The summed E-state index contributed by atoms with van der Waals surface area (Å²) in [6, 6.07) is 9.85. The summed E-state index contributed by atoms with van der Waals surface area (Å²) in [5.74, 6) is -0.103. The lowest BCUT2D eigenvalue weighted by Gasteiger charge is -2.04. The minimum absolute atomic E-state index is 0.103. The molecule has 2 heterocycles. The molecule has 2 aromatic heterocycles. The molecule has 0 fully saturated rings. The zero-order valence-corrected chi connectivity index (χ0v) is 14.6. The zero-order valence-electron chi connectivity index (χ0n) is 12.1. The van der Waals surface area contributed by atoms with Gasteiger partial charge >= 0.3 is 0 Å². The fourth-order valence-corrected chi connectivity index (χ4v) is 4.06. The molecule has 0 aliphatic rings. The number of benzene rings is 1. The molecule has 1 amide bonds. The van der Waals surface area contributed by atoms with E-state index in [1.54, 1.807) is 23.1 Å². The van der Waals surface area contributed by atoms with Crippen molar-refractivity contribution in [3.8, 4) is 10.6 Å². The van der Waals surface area contributed by atoms with E-state index in [1.807, 2.05) is 54.3 Å². The number of anilines is 1. The molecule has 0 aliphatic heterocycles. The Labute approximate surface area is 141 Å². The highest BCUT2D eigenvalue weighted by Crippen LogP contribution is 2.30. The van der Waals surface area contributed by atoms with Crippen LogP contribution < -0.4 is 5.32 Å². The number of hydrogen-bond acceptors (Lipinski definition) is 5. The Morgan fingerprint density at radius 1 is 1.23 bits per heavy atom. The Hall–Kier alpha value is -1.63. The summed E-state index contributed by atoms with van der Waals surface area (Å²) in [5, 5.41) is 7.88. The maximum absolute atomic E-state index is 12.4. The van der Waals surface area contributed by atoms with Gasteiger partial charge in [-0.15, -0.1) is 23.1 Å². The third-order valence-corrected chi connectivity index (χ3v) is 5.75. The number of amides is 1. The second-order valence-electron chi connectivity index (χ2n) is 4.63. The lowest BCUT2D eigenvalue weighted by Crippen LogP contribution is -2.11. The first kappa shape index (κ1) is 15.3. The van der Waals surface area contributed by atoms with Crippen molar-refractivity contribution in [3.05, 3.63) is 51.7 Å². The van der Waals surface area contributed by atoms with Gasteiger partial charge in [-0.25, -0.2) is 4.98 Å². The summed E-state index contributed by atoms with van der Waals surface area (Å²) in [6.45, 7) is 1.87. The van der Waals surface area contributed by atoms with Gasteiger partial charge in [0.1, 0.15) is 9.88 Å². The Kier molecular flexibility index (Phi) is 4.61. The second-order valence-corrected chi connectivity index (χ2v) is 7.29. The van der Waals surface area contributed by atoms with Gasteiger partial charge in [-0.3, -0.25) is 4.79 Å². The van der Waals surface area contributed by atoms with Crippen LogP contribution in [0.4, 0.5) is 5.69 Å². The molecule has 6 heteroatoms. The Morgan fingerprint density at radius 3 is 2.64 bits per heavy atom. The molecule has 22 heavy (non-hydrogen) atoms. The van der Waals surface area contributed by atoms with Crippen molar-refractivity contribution in [1.29, 1.82) is 0 Å². The van der Waals surface area contributed by atoms with Gasteiger partial charge < -0.3 is 5.32 Å². The van der Waals surface area contributed by atoms with Gasteiger partial charge in [-0.2, -0.15) is 11.3 Å². The van der Waals surface area contributed by atoms with Crippen molar-refractivity contribution >= 4 is 46.0 Å². The summed E-state index contributed by atoms with van der Waals surface area (Å²) in [5.41, 5.74) is 2.64. The number of carbonyl (C=O) groups excluding carboxylic acids is 1. The van der Waals surface area contributed by atoms with Crippen LogP contribution in [0.2, 0.25) is 0 Å². The van der Waals surface area contributed by atoms with E-state index in [1.165, 1.54) is 16.2 Å². The molecule has 1 aromatic carbocycles. The van der Waals surface area contributed by atoms with Crippen LogP contribution in [0.15, 0.2) is 46.0 Å². The fraction of sp³-hybridized carbons (Fsp3) is 0.125. The van der Waals surface area contributed by atoms with E-state index >= 15 is 0 Å². The van der Waals surface area contributed by atoms with E-state index in [2.05, 4.69) is 10.3 Å². The molecule has 0 spiro atoms. The predicted molar refractivity (Wildman–Crippen MR) is 96.3 cm³/mol. The molecule has 3 aromatic rings. The molecule has 3 rings (SSSR count). The first-order valence-electron chi connectivity index (χ1n) is 6.63. The average molecular weight is 347 g/mol. The molecular weight excluding hydrogens is 332 g/mol. The Bertz CT molecular complexity index is 776. The van der Waals surface area contributed by atoms with Crippen molar-refractivity contribution in [3.63, 3.8) is 0 Å². The zero-order chi connectivity index (χ0) is 15.5. The third-order valence-electron chi connectivity index (χ3n) is 3.12. The molecule has 0 radical (unpaired) electrons. The van der Waals surface area contributed by atoms with Crippen molar-refractivity contribution in [2.24, 2.45) is 0 Å². The number of aromatic nitrogens is 1. The van der Waals surface area contributed by atoms with E-state index in [4.69, 9.17) is 0 Å². The first-order valence-corrected chi connectivity index (χ1v) is 9.61. The van der Waals surface area contributed by atoms with E-state index in [9.17, 15) is 4.79 Å². The molecule has 1 N–H and O–H groups in total. The summed E-state index contributed by atoms with van der Waals surface area (Å²) >= 11 is 4.74. The molecule has 0 saturated heterocycles. The van der Waals surface area contributed by atoms with Gasteiger partial charge in [-0.05, 0) is 48.9 Å². The van der Waals surface area contributed by atoms with E-state index < -0.39 is 0 Å². The van der Waals surface area contributed by atoms with Crippen LogP contribution in [-0.2, 0) is 0 Å². The Balaban J connectivity index is 1.80. The van der Waals surface area contributed by atoms with Gasteiger partial charge in [0.2, 0.25) is 0 Å². The van der Waals surface area contributed by atoms with Gasteiger partial charge in [0, 0.05) is 21.5 Å². The van der Waals surface area contributed by atoms with Crippen LogP contribution in [0.25, 0.3) is 10.6 Å². The topological polar surface area (TPSA) is 42.0 Å². The molecular formula is C16H14N2OS3. The van der Waals surface area contributed by atoms with Crippen molar-refractivity contribution in [1.82, 2.24) is 4.98 Å². The number of nitrogens with zero attached hydrogens (tertiary/aromatic N) is 1. The van der Waals surface area contributed by atoms with Crippen LogP contribution in [-0.4, -0.2) is 17.1 Å². The summed E-state index contributed by atoms with van der Waals surface area (Å²) < 4.78 is 0. The molecule has 112 valence electrons. The fourth-order valence-electron chi connectivity index (χ4n) is 1.98. The van der Waals surface area contributed by atoms with Crippen molar-refractivity contribution in [2.45, 2.75) is 11.8 Å². The van der Waals surface area contributed by atoms with Gasteiger partial charge in [-0.1, -0.05) is 0 Å². The number of aryl methyl sites for hydroxylation is 1. The predicted octanol–water partition coefficient (Wildman–Crippen LogP) is 5.15. The maximum atomic E-state index is 12.4. The standard InChI is InChI=1S/C16H14N2OS3/c1-10-14(22-16(17-10)11-7-8-21-9-11)15(19)18-12-3-5-13(20-2)6-4-12/h3-9H,1-2H3,(H,18,19). The van der Waals surface area contributed by atoms with Crippen LogP contribution in [0.3, 0.4) is 0 Å². The highest BCUT2D eigenvalue weighted by atomic mass is 32.2. The van der Waals surface area contributed by atoms with Gasteiger partial charge in [0.05, 0.1) is 5.69 Å². The van der Waals surface area contributed by atoms with E-state index in [0.717, 1.165) is 22.0 Å². The largest absolute Gasteiger partial charge is 0.321 e. The lowest BCUT2D eigenvalue weighted by atomic mass is 10.3. The number of carbonyl (C=O) groups is 1. The lowest BCUT2D eigenvalue weighted by molar-refractivity contribution is 0.103. The molecule has 0 atom stereocenters. The van der Waals surface area contributed by atoms with Crippen molar-refractivity contribution in [2.75, 3.05) is 11.6 Å². The smallest absolute Gasteiger partial charge is 0.267 e. The quantitative estimate of drug-likeness (QED) is 0.664. The van der Waals surface area contributed by atoms with E-state index in [-0.39, 0.29) is 5.91 Å². The third kappa shape index (κ3) is 3.24. The monoisotopic (exact) mass is 346 g/mol. The SMILES string of the molecule is CSc1ccc(NC(=O)c2sc(-c3ccsc3)nc2C)cc1. The molecule has 0 unspecified atom stereocenters. The number of nitrogens with one attached hydrogen (secondary N) is 1. The minimum Gasteiger partial charge on any atom is -0.321 e. The van der Waals surface area contributed by atoms with Crippen molar-refractivity contribution < 1.29 is 4.79 Å². The van der Waals surface area contributed by atoms with Crippen LogP contribution >= 0.6 is 34.4 Å². The van der Waals surface area contributed by atoms with Crippen LogP contribution in [0.1, 0.15) is 15.4 Å². The van der Waals surface area contributed by atoms with E-state index in [0.29, 0.717) is 4.88 Å². The van der Waals surface area contributed by atoms with Crippen LogP contribution in [0.5, 0.6) is 0 Å². The summed E-state index contributed by atoms with van der Waals surface area (Å²) in [4.78, 5) is 18.8. The van der Waals surface area contributed by atoms with Gasteiger partial charge in [0.25, 0.3) is 5.91 Å². The first-order chi connectivity index (χ1) is 10.7. The molecule has 3 nitrogen and oxygen atoms in total. The summed E-state index contributed by atoms with van der Waals surface area (Å²) in [7, 11) is 0. The second kappa shape index (κ2) is 6.64. The average Bonchev–Trinajstić information content (AvgIpc) is 3.17. The molecule has 0 aliphatic carbocycles. The highest BCUT2D eigenvalue weighted by molar-refractivity contribution is 7.98.